The number of furan rings is 2. The van der Waals surface area contributed by atoms with E-state index in [1.807, 2.05) is 30.5 Å². The molecule has 0 amide bonds. The predicted molar refractivity (Wildman–Crippen MR) is 238 cm³/mol. The second-order valence-electron chi connectivity index (χ2n) is 15.1. The van der Waals surface area contributed by atoms with Crippen molar-refractivity contribution < 1.29 is 8.83 Å². The van der Waals surface area contributed by atoms with Crippen molar-refractivity contribution >= 4 is 93.4 Å². The van der Waals surface area contributed by atoms with E-state index in [1.54, 1.807) is 0 Å². The summed E-state index contributed by atoms with van der Waals surface area (Å²) in [5.41, 5.74) is 12.4. The maximum absolute atomic E-state index is 6.46. The van der Waals surface area contributed by atoms with Crippen molar-refractivity contribution in [2.24, 2.45) is 4.99 Å². The molecule has 8 aromatic carbocycles. The number of aromatic nitrogens is 2. The molecule has 0 saturated heterocycles. The molecule has 0 fully saturated rings. The number of nitrogens with one attached hydrogen (secondary N) is 1. The van der Waals surface area contributed by atoms with Gasteiger partial charge >= 0.3 is 0 Å². The first-order valence-corrected chi connectivity index (χ1v) is 19.7. The van der Waals surface area contributed by atoms with E-state index in [0.29, 0.717) is 0 Å². The van der Waals surface area contributed by atoms with E-state index in [4.69, 9.17) is 13.8 Å². The number of hydrogen-bond donors (Lipinski definition) is 1. The van der Waals surface area contributed by atoms with Crippen LogP contribution >= 0.6 is 0 Å². The molecular weight excluding hydrogens is 713 g/mol. The largest absolute Gasteiger partial charge is 0.455 e. The molecule has 58 heavy (non-hydrogen) atoms. The SMILES string of the molecule is C1=CC(n2c3ccccc3c3cc(-c4cccc5c4oc4ccccc45)ccc32)N=C(n2c3ccccc3c3cc(-c4cccc5c4oc4ccccc45)ccc32)N1. The van der Waals surface area contributed by atoms with Crippen LogP contribution in [0.4, 0.5) is 0 Å². The standard InChI is InChI=1S/C52H32N4O2/c1-5-19-43-35(11-1)41-29-31(33-15-9-17-39-37-13-3-7-21-47(37)57-50(33)39)23-25-45(41)55(43)49-27-28-53-52(54-49)56-44-20-6-2-12-36(44)42-30-32(24-26-46(42)56)34-16-10-18-40-38-14-4-8-22-48(38)58-51(34)40/h1-30,49H,(H,53,54). The van der Waals surface area contributed by atoms with E-state index in [0.717, 1.165) is 105 Å². The quantitative estimate of drug-likeness (QED) is 0.196. The third-order valence-electron chi connectivity index (χ3n) is 12.0. The molecule has 5 heterocycles. The highest BCUT2D eigenvalue weighted by atomic mass is 16.3. The van der Waals surface area contributed by atoms with Crippen LogP contribution in [0.1, 0.15) is 6.17 Å². The lowest BCUT2D eigenvalue weighted by Gasteiger charge is -2.21. The van der Waals surface area contributed by atoms with Gasteiger partial charge < -0.3 is 18.7 Å². The Morgan fingerprint density at radius 1 is 0.431 bits per heavy atom. The van der Waals surface area contributed by atoms with Crippen LogP contribution in [-0.4, -0.2) is 15.1 Å². The molecule has 6 nitrogen and oxygen atoms in total. The van der Waals surface area contributed by atoms with Crippen LogP contribution in [-0.2, 0) is 0 Å². The summed E-state index contributed by atoms with van der Waals surface area (Å²) in [5.74, 6) is 0.768. The topological polar surface area (TPSA) is 60.5 Å². The van der Waals surface area contributed by atoms with Crippen LogP contribution in [0.2, 0.25) is 0 Å². The van der Waals surface area contributed by atoms with Gasteiger partial charge in [-0.25, -0.2) is 4.99 Å². The van der Waals surface area contributed by atoms with Crippen LogP contribution in [0.25, 0.3) is 110 Å². The van der Waals surface area contributed by atoms with Crippen LogP contribution in [0.15, 0.2) is 196 Å². The fourth-order valence-corrected chi connectivity index (χ4v) is 9.45. The molecule has 4 aromatic heterocycles. The monoisotopic (exact) mass is 744 g/mol. The number of para-hydroxylation sites is 6. The number of hydrogen-bond acceptors (Lipinski definition) is 4. The summed E-state index contributed by atoms with van der Waals surface area (Å²) in [6.45, 7) is 0. The number of aliphatic imine (C=N–C) groups is 1. The fraction of sp³-hybridized carbons (Fsp3) is 0.0192. The van der Waals surface area contributed by atoms with Gasteiger partial charge in [0.2, 0.25) is 5.96 Å². The van der Waals surface area contributed by atoms with Gasteiger partial charge in [0.1, 0.15) is 28.5 Å². The number of benzene rings is 8. The van der Waals surface area contributed by atoms with E-state index < -0.39 is 0 Å². The molecule has 6 heteroatoms. The molecule has 1 atom stereocenters. The third kappa shape index (κ3) is 4.39. The smallest absolute Gasteiger partial charge is 0.209 e. The predicted octanol–water partition coefficient (Wildman–Crippen LogP) is 13.6. The molecule has 0 aliphatic carbocycles. The van der Waals surface area contributed by atoms with Gasteiger partial charge in [0, 0.05) is 60.4 Å². The van der Waals surface area contributed by atoms with Crippen molar-refractivity contribution in [1.82, 2.24) is 14.5 Å². The first kappa shape index (κ1) is 31.4. The summed E-state index contributed by atoms with van der Waals surface area (Å²) < 4.78 is 17.5. The Bertz CT molecular complexity index is 3740. The second kappa shape index (κ2) is 11.8. The Morgan fingerprint density at radius 3 is 1.57 bits per heavy atom. The number of fused-ring (bicyclic) bond motifs is 12. The first-order chi connectivity index (χ1) is 28.8. The zero-order chi connectivity index (χ0) is 37.9. The zero-order valence-corrected chi connectivity index (χ0v) is 31.1. The Kier molecular flexibility index (Phi) is 6.41. The summed E-state index contributed by atoms with van der Waals surface area (Å²) in [6.07, 6.45) is 3.88. The van der Waals surface area contributed by atoms with Crippen molar-refractivity contribution in [3.63, 3.8) is 0 Å². The van der Waals surface area contributed by atoms with Crippen molar-refractivity contribution in [2.75, 3.05) is 0 Å². The molecular formula is C52H32N4O2. The van der Waals surface area contributed by atoms with Crippen LogP contribution in [0, 0.1) is 0 Å². The van der Waals surface area contributed by atoms with Gasteiger partial charge in [0.05, 0.1) is 22.1 Å². The van der Waals surface area contributed by atoms with Crippen LogP contribution in [0.3, 0.4) is 0 Å². The van der Waals surface area contributed by atoms with Gasteiger partial charge in [-0.15, -0.1) is 0 Å². The first-order valence-electron chi connectivity index (χ1n) is 19.7. The lowest BCUT2D eigenvalue weighted by atomic mass is 10.0. The van der Waals surface area contributed by atoms with Gasteiger partial charge in [0.25, 0.3) is 0 Å². The second-order valence-corrected chi connectivity index (χ2v) is 15.1. The molecule has 0 saturated carbocycles. The molecule has 0 bridgehead atoms. The van der Waals surface area contributed by atoms with E-state index >= 15 is 0 Å². The van der Waals surface area contributed by atoms with Gasteiger partial charge in [-0.1, -0.05) is 121 Å². The van der Waals surface area contributed by atoms with Crippen molar-refractivity contribution in [2.45, 2.75) is 6.17 Å². The summed E-state index contributed by atoms with van der Waals surface area (Å²) >= 11 is 0. The van der Waals surface area contributed by atoms with Gasteiger partial charge in [-0.2, -0.15) is 0 Å². The summed E-state index contributed by atoms with van der Waals surface area (Å²) in [6, 6.07) is 60.1. The Hall–Kier alpha value is -7.83. The minimum absolute atomic E-state index is 0.288. The van der Waals surface area contributed by atoms with Crippen LogP contribution < -0.4 is 5.32 Å². The maximum atomic E-state index is 6.46. The Morgan fingerprint density at radius 2 is 0.914 bits per heavy atom. The van der Waals surface area contributed by atoms with E-state index in [2.05, 4.69) is 166 Å². The van der Waals surface area contributed by atoms with Gasteiger partial charge in [0.15, 0.2) is 0 Å². The highest BCUT2D eigenvalue weighted by Gasteiger charge is 2.23. The molecule has 0 radical (unpaired) electrons. The van der Waals surface area contributed by atoms with E-state index in [1.165, 1.54) is 10.8 Å². The number of nitrogens with zero attached hydrogens (tertiary/aromatic N) is 3. The Labute approximate surface area is 331 Å². The molecule has 272 valence electrons. The Balaban J connectivity index is 0.957. The third-order valence-corrected chi connectivity index (χ3v) is 12.0. The highest BCUT2D eigenvalue weighted by molar-refractivity contribution is 6.17. The molecule has 13 rings (SSSR count). The molecule has 0 spiro atoms. The molecule has 1 N–H and O–H groups in total. The lowest BCUT2D eigenvalue weighted by molar-refractivity contribution is 0.658. The highest BCUT2D eigenvalue weighted by Crippen LogP contribution is 2.41. The van der Waals surface area contributed by atoms with Crippen molar-refractivity contribution in [3.05, 3.63) is 182 Å². The molecule has 12 aromatic rings. The minimum atomic E-state index is -0.288. The minimum Gasteiger partial charge on any atom is -0.455 e. The summed E-state index contributed by atoms with van der Waals surface area (Å²) in [5, 5.41) is 12.7. The maximum Gasteiger partial charge on any atom is 0.209 e. The lowest BCUT2D eigenvalue weighted by Crippen LogP contribution is -2.30. The summed E-state index contributed by atoms with van der Waals surface area (Å²) in [7, 11) is 0. The van der Waals surface area contributed by atoms with Gasteiger partial charge in [-0.05, 0) is 65.7 Å². The molecule has 1 unspecified atom stereocenters. The van der Waals surface area contributed by atoms with E-state index in [-0.39, 0.29) is 6.17 Å². The summed E-state index contributed by atoms with van der Waals surface area (Å²) in [4.78, 5) is 5.47. The zero-order valence-electron chi connectivity index (χ0n) is 31.1. The fourth-order valence-electron chi connectivity index (χ4n) is 9.45. The average molecular weight is 745 g/mol. The van der Waals surface area contributed by atoms with Crippen LogP contribution in [0.5, 0.6) is 0 Å². The van der Waals surface area contributed by atoms with E-state index in [9.17, 15) is 0 Å². The van der Waals surface area contributed by atoms with Gasteiger partial charge in [-0.3, -0.25) is 4.57 Å². The molecule has 1 aliphatic rings. The van der Waals surface area contributed by atoms with Crippen molar-refractivity contribution in [3.8, 4) is 22.3 Å². The molecule has 1 aliphatic heterocycles. The van der Waals surface area contributed by atoms with Crippen molar-refractivity contribution in [1.29, 1.82) is 0 Å². The average Bonchev–Trinajstić information content (AvgIpc) is 4.04. The number of rotatable bonds is 3. The normalized spacial score (nSPS) is 14.6.